The lowest BCUT2D eigenvalue weighted by Crippen LogP contribution is -2.39. The summed E-state index contributed by atoms with van der Waals surface area (Å²) in [5.41, 5.74) is -0.668. The first-order chi connectivity index (χ1) is 24.0. The van der Waals surface area contributed by atoms with Gasteiger partial charge in [-0.2, -0.15) is 13.2 Å². The topological polar surface area (TPSA) is 90.1 Å². The minimum atomic E-state index is -4.76. The first kappa shape index (κ1) is 32.1. The Labute approximate surface area is 281 Å². The van der Waals surface area contributed by atoms with E-state index in [1.54, 1.807) is 13.1 Å². The number of likely N-dealkylation sites (tertiary alicyclic amines) is 1. The van der Waals surface area contributed by atoms with Crippen LogP contribution in [0.3, 0.4) is 0 Å². The van der Waals surface area contributed by atoms with Crippen molar-refractivity contribution < 1.29 is 41.0 Å². The van der Waals surface area contributed by atoms with E-state index in [1.165, 1.54) is 45.8 Å². The number of aromatic nitrogens is 3. The molecule has 3 aliphatic rings. The van der Waals surface area contributed by atoms with Crippen LogP contribution in [-0.4, -0.2) is 69.5 Å². The Morgan fingerprint density at radius 3 is 2.68 bits per heavy atom. The molecule has 2 fully saturated rings. The van der Waals surface area contributed by atoms with Gasteiger partial charge in [0.05, 0.1) is 47.9 Å². The van der Waals surface area contributed by atoms with Crippen LogP contribution in [0.5, 0.6) is 5.75 Å². The molecule has 50 heavy (non-hydrogen) atoms. The second-order valence-corrected chi connectivity index (χ2v) is 13.0. The number of fused-ring (bicyclic) bond motifs is 6. The molecule has 3 aromatic heterocycles. The quantitative estimate of drug-likeness (QED) is 0.130. The fourth-order valence-corrected chi connectivity index (χ4v) is 7.39. The summed E-state index contributed by atoms with van der Waals surface area (Å²) in [5, 5.41) is 2.22. The Hall–Kier alpha value is -5.08. The summed E-state index contributed by atoms with van der Waals surface area (Å²) >= 11 is 0. The molecule has 1 amide bonds. The number of hydrogen-bond acceptors (Lipinski definition) is 6. The smallest absolute Gasteiger partial charge is 0.417 e. The van der Waals surface area contributed by atoms with E-state index in [0.717, 1.165) is 44.3 Å². The van der Waals surface area contributed by atoms with Crippen LogP contribution in [-0.2, 0) is 29.2 Å². The summed E-state index contributed by atoms with van der Waals surface area (Å²) < 4.78 is 88.9. The lowest BCUT2D eigenvalue weighted by molar-refractivity contribution is -0.137. The molecule has 2 aromatic carbocycles. The van der Waals surface area contributed by atoms with Crippen LogP contribution in [0, 0.1) is 17.6 Å². The number of hydrogen-bond donors (Lipinski definition) is 1. The summed E-state index contributed by atoms with van der Waals surface area (Å²) in [6.07, 6.45) is 2.44. The zero-order chi connectivity index (χ0) is 34.9. The fourth-order valence-electron chi connectivity index (χ4n) is 7.39. The van der Waals surface area contributed by atoms with Crippen molar-refractivity contribution in [2.45, 2.75) is 25.1 Å². The zero-order valence-electron chi connectivity index (χ0n) is 26.7. The second-order valence-electron chi connectivity index (χ2n) is 13.0. The average Bonchev–Trinajstić information content (AvgIpc) is 3.74. The normalized spacial score (nSPS) is 19.1. The number of halogens is 5. The van der Waals surface area contributed by atoms with E-state index in [4.69, 9.17) is 9.47 Å². The lowest BCUT2D eigenvalue weighted by atomic mass is 9.94. The molecule has 14 heteroatoms. The number of carbonyl (C=O) groups excluding carboxylic acids is 2. The van der Waals surface area contributed by atoms with Gasteiger partial charge in [0.2, 0.25) is 11.7 Å². The SMILES string of the molecule is Cn1cnc2c3c(c(C(F)(F)F)cc21)-c1cccn2c(C(=O)c4cc(F)c(NC(=O)/C=C/CN5CC6COC(C6)C5)c(F)c4)cc(c12)CCO3. The standard InChI is InChI=1S/C36H30F5N5O4/c1-44-18-42-32-27(44)14-24(36(39,40)41)30-23-4-2-8-46-28(13-20(33(23)46)6-9-49-35(30)32)34(48)21-11-25(37)31(26(38)12-21)43-29(47)5-3-7-45-15-19-10-22(16-45)50-17-19/h2-5,8,11-14,18-19,22H,6-7,9-10,15-17H2,1H3,(H,43,47)/b5-3+. The molecule has 2 saturated heterocycles. The van der Waals surface area contributed by atoms with Gasteiger partial charge in [-0.25, -0.2) is 13.8 Å². The maximum atomic E-state index is 15.3. The molecule has 8 rings (SSSR count). The number of ketones is 1. The summed E-state index contributed by atoms with van der Waals surface area (Å²) in [7, 11) is 1.59. The molecule has 2 bridgehead atoms. The number of amides is 1. The number of pyridine rings is 1. The van der Waals surface area contributed by atoms with Gasteiger partial charge in [0.15, 0.2) is 5.75 Å². The number of nitrogens with one attached hydrogen (secondary N) is 1. The number of benzene rings is 2. The third kappa shape index (κ3) is 5.52. The number of piperidine rings is 1. The van der Waals surface area contributed by atoms with Crippen molar-refractivity contribution in [2.75, 3.05) is 38.2 Å². The summed E-state index contributed by atoms with van der Waals surface area (Å²) in [4.78, 5) is 32.8. The summed E-state index contributed by atoms with van der Waals surface area (Å²) in [6, 6.07) is 7.19. The molecule has 0 saturated carbocycles. The van der Waals surface area contributed by atoms with Gasteiger partial charge in [-0.3, -0.25) is 14.5 Å². The Kier molecular flexibility index (Phi) is 7.75. The Balaban J connectivity index is 1.10. The first-order valence-electron chi connectivity index (χ1n) is 16.1. The average molecular weight is 692 g/mol. The van der Waals surface area contributed by atoms with Crippen LogP contribution in [0.25, 0.3) is 27.7 Å². The van der Waals surface area contributed by atoms with Crippen molar-refractivity contribution in [3.05, 3.63) is 95.1 Å². The van der Waals surface area contributed by atoms with Crippen molar-refractivity contribution in [3.8, 4) is 16.9 Å². The van der Waals surface area contributed by atoms with Crippen molar-refractivity contribution in [1.29, 1.82) is 0 Å². The molecule has 2 unspecified atom stereocenters. The molecule has 2 atom stereocenters. The Morgan fingerprint density at radius 1 is 1.12 bits per heavy atom. The van der Waals surface area contributed by atoms with E-state index >= 15 is 8.78 Å². The number of rotatable bonds is 6. The Morgan fingerprint density at radius 2 is 1.92 bits per heavy atom. The van der Waals surface area contributed by atoms with Gasteiger partial charge in [-0.05, 0) is 48.2 Å². The highest BCUT2D eigenvalue weighted by Gasteiger charge is 2.39. The number of carbonyl (C=O) groups is 2. The largest absolute Gasteiger partial charge is 0.490 e. The van der Waals surface area contributed by atoms with E-state index in [0.29, 0.717) is 23.5 Å². The van der Waals surface area contributed by atoms with E-state index in [1.807, 2.05) is 0 Å². The third-order valence-electron chi connectivity index (χ3n) is 9.60. The molecule has 0 aliphatic carbocycles. The Bertz CT molecular complexity index is 2200. The molecule has 5 aromatic rings. The minimum absolute atomic E-state index is 0.0113. The van der Waals surface area contributed by atoms with E-state index < -0.39 is 40.8 Å². The van der Waals surface area contributed by atoms with E-state index in [9.17, 15) is 22.8 Å². The van der Waals surface area contributed by atoms with Gasteiger partial charge >= 0.3 is 6.18 Å². The second kappa shape index (κ2) is 12.1. The van der Waals surface area contributed by atoms with Gasteiger partial charge in [0.25, 0.3) is 0 Å². The number of alkyl halides is 3. The highest BCUT2D eigenvalue weighted by atomic mass is 19.4. The highest BCUT2D eigenvalue weighted by molar-refractivity contribution is 6.10. The molecule has 3 aliphatic heterocycles. The van der Waals surface area contributed by atoms with Crippen LogP contribution in [0.1, 0.15) is 33.6 Å². The summed E-state index contributed by atoms with van der Waals surface area (Å²) in [6.45, 7) is 2.81. The number of imidazole rings is 1. The van der Waals surface area contributed by atoms with Gasteiger partial charge in [-0.1, -0.05) is 12.1 Å². The first-order valence-corrected chi connectivity index (χ1v) is 16.1. The lowest BCUT2D eigenvalue weighted by Gasteiger charge is -2.28. The maximum Gasteiger partial charge on any atom is 0.417 e. The van der Waals surface area contributed by atoms with Crippen molar-refractivity contribution in [2.24, 2.45) is 13.0 Å². The number of ether oxygens (including phenoxy) is 2. The van der Waals surface area contributed by atoms with Crippen molar-refractivity contribution in [3.63, 3.8) is 0 Å². The van der Waals surface area contributed by atoms with Crippen LogP contribution in [0.4, 0.5) is 27.6 Å². The number of anilines is 1. The van der Waals surface area contributed by atoms with Gasteiger partial charge in [0.1, 0.15) is 22.8 Å². The summed E-state index contributed by atoms with van der Waals surface area (Å²) in [5.74, 6) is -3.37. The predicted octanol–water partition coefficient (Wildman–Crippen LogP) is 6.17. The third-order valence-corrected chi connectivity index (χ3v) is 9.60. The predicted molar refractivity (Wildman–Crippen MR) is 173 cm³/mol. The molecule has 9 nitrogen and oxygen atoms in total. The van der Waals surface area contributed by atoms with Gasteiger partial charge < -0.3 is 23.8 Å². The van der Waals surface area contributed by atoms with Crippen LogP contribution >= 0.6 is 0 Å². The molecular formula is C36H30F5N5O4. The van der Waals surface area contributed by atoms with E-state index in [2.05, 4.69) is 15.2 Å². The van der Waals surface area contributed by atoms with Crippen molar-refractivity contribution >= 4 is 33.9 Å². The zero-order valence-corrected chi connectivity index (χ0v) is 26.7. The van der Waals surface area contributed by atoms with Gasteiger partial charge in [0, 0.05) is 62.1 Å². The van der Waals surface area contributed by atoms with Crippen molar-refractivity contribution in [1.82, 2.24) is 18.9 Å². The molecule has 1 N–H and O–H groups in total. The molecule has 258 valence electrons. The van der Waals surface area contributed by atoms with Crippen LogP contribution in [0.15, 0.2) is 61.1 Å². The molecule has 0 spiro atoms. The molecular weight excluding hydrogens is 661 g/mol. The van der Waals surface area contributed by atoms with Crippen LogP contribution < -0.4 is 10.1 Å². The fraction of sp³-hybridized carbons (Fsp3) is 0.306. The minimum Gasteiger partial charge on any atom is -0.490 e. The monoisotopic (exact) mass is 691 g/mol. The number of nitrogens with zero attached hydrogens (tertiary/aromatic N) is 4. The molecule has 0 radical (unpaired) electrons. The molecule has 6 heterocycles. The van der Waals surface area contributed by atoms with E-state index in [-0.39, 0.29) is 58.3 Å². The maximum absolute atomic E-state index is 15.3. The highest BCUT2D eigenvalue weighted by Crippen LogP contribution is 2.48. The number of aryl methyl sites for hydroxylation is 1. The van der Waals surface area contributed by atoms with Gasteiger partial charge in [-0.15, -0.1) is 0 Å². The van der Waals surface area contributed by atoms with Crippen LogP contribution in [0.2, 0.25) is 0 Å².